The van der Waals surface area contributed by atoms with Crippen molar-refractivity contribution in [3.8, 4) is 0 Å². The van der Waals surface area contributed by atoms with Crippen LogP contribution in [0.25, 0.3) is 0 Å². The van der Waals surface area contributed by atoms with Crippen molar-refractivity contribution in [2.75, 3.05) is 0 Å². The first-order chi connectivity index (χ1) is 2.00. The van der Waals surface area contributed by atoms with Gasteiger partial charge in [0.05, 0.1) is 0 Å². The van der Waals surface area contributed by atoms with Gasteiger partial charge in [-0.2, -0.15) is 0 Å². The van der Waals surface area contributed by atoms with E-state index in [-0.39, 0.29) is 54.6 Å². The Bertz CT molecular complexity index is 92.9. The van der Waals surface area contributed by atoms with Crippen LogP contribution >= 0.6 is 0 Å². The standard InChI is InChI=1S/Cr.4O.2Pb/q;;;2*-1;;+2. The van der Waals surface area contributed by atoms with Crippen molar-refractivity contribution in [3.05, 3.63) is 0 Å². The quantitative estimate of drug-likeness (QED) is 0.307. The molecule has 0 heterocycles. The molecule has 0 saturated carbocycles. The smallest absolute Gasteiger partial charge is 0 e. The minimum Gasteiger partial charge on any atom is 0 e. The van der Waals surface area contributed by atoms with Crippen LogP contribution in [0.5, 0.6) is 0 Å². The summed E-state index contributed by atoms with van der Waals surface area (Å²) in [5, 5.41) is 0. The van der Waals surface area contributed by atoms with Gasteiger partial charge >= 0.3 is 56.8 Å². The van der Waals surface area contributed by atoms with Gasteiger partial charge in [0, 0.05) is 27.3 Å². The van der Waals surface area contributed by atoms with Gasteiger partial charge in [0.15, 0.2) is 0 Å². The van der Waals surface area contributed by atoms with Crippen molar-refractivity contribution in [3.63, 3.8) is 0 Å². The molecule has 0 spiro atoms. The van der Waals surface area contributed by atoms with Crippen LogP contribution in [0.1, 0.15) is 0 Å². The van der Waals surface area contributed by atoms with Crippen molar-refractivity contribution in [2.24, 2.45) is 0 Å². The molecule has 7 heteroatoms. The zero-order chi connectivity index (χ0) is 4.50. The van der Waals surface area contributed by atoms with Crippen LogP contribution in [0.4, 0.5) is 0 Å². The number of hydrogen-bond acceptors (Lipinski definition) is 4. The summed E-state index contributed by atoms with van der Waals surface area (Å²) >= 11 is -5.75. The molecule has 0 rings (SSSR count). The van der Waals surface area contributed by atoms with E-state index in [1.54, 1.807) is 0 Å². The second-order valence-electron chi connectivity index (χ2n) is 0.408. The van der Waals surface area contributed by atoms with Gasteiger partial charge in [0.1, 0.15) is 0 Å². The van der Waals surface area contributed by atoms with Crippen LogP contribution in [0.3, 0.4) is 0 Å². The van der Waals surface area contributed by atoms with E-state index in [1.165, 1.54) is 0 Å². The molecule has 0 saturated heterocycles. The van der Waals surface area contributed by atoms with Crippen LogP contribution in [0.2, 0.25) is 0 Å². The summed E-state index contributed by atoms with van der Waals surface area (Å²) in [4.78, 5) is 0. The van der Waals surface area contributed by atoms with Crippen LogP contribution in [-0.2, 0) is 21.2 Å². The summed E-state index contributed by atoms with van der Waals surface area (Å²) in [5.41, 5.74) is 0. The molecule has 0 aromatic rings. The maximum atomic E-state index is 8.59. The third kappa shape index (κ3) is 76.3. The van der Waals surface area contributed by atoms with Crippen LogP contribution in [0.15, 0.2) is 0 Å². The molecule has 0 aromatic carbocycles. The Labute approximate surface area is 83.0 Å². The first-order valence-electron chi connectivity index (χ1n) is 0.667. The summed E-state index contributed by atoms with van der Waals surface area (Å²) in [6, 6.07) is 0. The molecule has 6 radical (unpaired) electrons. The third-order valence-electron chi connectivity index (χ3n) is 0. The second kappa shape index (κ2) is 6.02. The summed E-state index contributed by atoms with van der Waals surface area (Å²) in [6.07, 6.45) is 0. The summed E-state index contributed by atoms with van der Waals surface area (Å²) in [7, 11) is 0. The molecule has 0 N–H and O–H groups in total. The molecule has 38 valence electrons. The molecule has 0 unspecified atom stereocenters. The van der Waals surface area contributed by atoms with Gasteiger partial charge in [-0.3, -0.25) is 0 Å². The van der Waals surface area contributed by atoms with Gasteiger partial charge in [-0.25, -0.2) is 0 Å². The normalized spacial score (nSPS) is 8.29. The molecular formula is CrO4Pb2. The molecule has 4 nitrogen and oxygen atoms in total. The average Bonchev–Trinajstić information content (AvgIpc) is 0.722. The molecule has 0 atom stereocenters. The van der Waals surface area contributed by atoms with Gasteiger partial charge in [-0.15, -0.1) is 0 Å². The molecule has 0 aliphatic rings. The van der Waals surface area contributed by atoms with Crippen molar-refractivity contribution < 1.29 is 29.5 Å². The second-order valence-corrected chi connectivity index (χ2v) is 1.68. The molecule has 0 amide bonds. The predicted molar refractivity (Wildman–Crippen MR) is 12.9 cm³/mol. The first-order valence-corrected chi connectivity index (χ1v) is 2.75. The molecule has 0 fully saturated rings. The molecule has 0 aliphatic heterocycles. The van der Waals surface area contributed by atoms with Gasteiger partial charge in [0.25, 0.3) is 0 Å². The van der Waals surface area contributed by atoms with Gasteiger partial charge in [0.2, 0.25) is 0 Å². The summed E-state index contributed by atoms with van der Waals surface area (Å²) in [5.74, 6) is 0. The van der Waals surface area contributed by atoms with E-state index < -0.39 is 13.6 Å². The van der Waals surface area contributed by atoms with Crippen LogP contribution in [-0.4, -0.2) is 54.6 Å². The largest absolute Gasteiger partial charge is 2.00 e. The number of rotatable bonds is 0. The Kier molecular flexibility index (Phi) is 13.7. The molecule has 7 heavy (non-hydrogen) atoms. The third-order valence-corrected chi connectivity index (χ3v) is 0. The Balaban J connectivity index is -0.0000000800. The van der Waals surface area contributed by atoms with E-state index >= 15 is 0 Å². The molecular weight excluding hydrogens is 530 g/mol. The SMILES string of the molecule is [O]=[Cr](=[O])([O-])[O-].[Pb+2].[Pb]. The van der Waals surface area contributed by atoms with E-state index in [0.717, 1.165) is 0 Å². The zero-order valence-corrected chi connectivity index (χ0v) is 12.1. The minimum absolute atomic E-state index is 0. The van der Waals surface area contributed by atoms with Gasteiger partial charge in [-0.1, -0.05) is 0 Å². The fraction of sp³-hybridized carbons (Fsp3) is 0. The Morgan fingerprint density at radius 3 is 1.14 bits per heavy atom. The Morgan fingerprint density at radius 1 is 1.14 bits per heavy atom. The Hall–Kier alpha value is 1.90. The van der Waals surface area contributed by atoms with E-state index in [0.29, 0.717) is 0 Å². The maximum absolute atomic E-state index is 8.59. The van der Waals surface area contributed by atoms with E-state index in [9.17, 15) is 0 Å². The fourth-order valence-corrected chi connectivity index (χ4v) is 0. The topological polar surface area (TPSA) is 80.3 Å². The van der Waals surface area contributed by atoms with Gasteiger partial charge < -0.3 is 0 Å². The molecule has 0 aromatic heterocycles. The molecule has 0 aliphatic carbocycles. The minimum atomic E-state index is -5.75. The monoisotopic (exact) mass is 532 g/mol. The van der Waals surface area contributed by atoms with E-state index in [2.05, 4.69) is 0 Å². The maximum Gasteiger partial charge on any atom is 2.00 e. The zero-order valence-electron chi connectivity index (χ0n) is 3.04. The van der Waals surface area contributed by atoms with Crippen molar-refractivity contribution in [1.82, 2.24) is 0 Å². The summed E-state index contributed by atoms with van der Waals surface area (Å²) in [6.45, 7) is 0. The van der Waals surface area contributed by atoms with E-state index in [1.807, 2.05) is 0 Å². The molecule has 0 bridgehead atoms. The Morgan fingerprint density at radius 2 is 1.14 bits per heavy atom. The first kappa shape index (κ1) is 16.0. The fourth-order valence-electron chi connectivity index (χ4n) is 0. The predicted octanol–water partition coefficient (Wildman–Crippen LogP) is -3.38. The number of hydrogen-bond donors (Lipinski definition) is 0. The van der Waals surface area contributed by atoms with Crippen LogP contribution in [0, 0.1) is 0 Å². The van der Waals surface area contributed by atoms with E-state index in [4.69, 9.17) is 15.9 Å². The summed E-state index contributed by atoms with van der Waals surface area (Å²) < 4.78 is 34.4. The van der Waals surface area contributed by atoms with Crippen molar-refractivity contribution >= 4 is 54.6 Å². The van der Waals surface area contributed by atoms with Crippen molar-refractivity contribution in [2.45, 2.75) is 0 Å². The van der Waals surface area contributed by atoms with Crippen molar-refractivity contribution in [1.29, 1.82) is 0 Å². The van der Waals surface area contributed by atoms with Gasteiger partial charge in [-0.05, 0) is 0 Å². The average molecular weight is 530 g/mol. The van der Waals surface area contributed by atoms with Crippen LogP contribution < -0.4 is 8.32 Å².